The predicted octanol–water partition coefficient (Wildman–Crippen LogP) is 5.83. The number of benzene rings is 2. The van der Waals surface area contributed by atoms with Crippen molar-refractivity contribution < 1.29 is 23.5 Å². The number of cyclic esters (lactones) is 2. The number of ether oxygens (including phenoxy) is 2. The van der Waals surface area contributed by atoms with Crippen LogP contribution in [0.25, 0.3) is 0 Å². The molecule has 2 atom stereocenters. The van der Waals surface area contributed by atoms with Gasteiger partial charge in [-0.3, -0.25) is 4.99 Å². The van der Waals surface area contributed by atoms with Crippen LogP contribution in [0.15, 0.2) is 88.0 Å². The Morgan fingerprint density at radius 1 is 0.886 bits per heavy atom. The molecule has 0 radical (unpaired) electrons. The van der Waals surface area contributed by atoms with Gasteiger partial charge in [-0.2, -0.15) is 0 Å². The molecule has 180 valence electrons. The second-order valence-electron chi connectivity index (χ2n) is 8.95. The molecule has 35 heavy (non-hydrogen) atoms. The van der Waals surface area contributed by atoms with Crippen LogP contribution in [0.5, 0.6) is 0 Å². The summed E-state index contributed by atoms with van der Waals surface area (Å²) in [7, 11) is 0. The fraction of sp³-hybridized carbons (Fsp3) is 0.250. The van der Waals surface area contributed by atoms with Crippen molar-refractivity contribution in [2.75, 3.05) is 5.32 Å². The Labute approximate surface area is 204 Å². The summed E-state index contributed by atoms with van der Waals surface area (Å²) in [4.78, 5) is 30.0. The molecule has 3 aromatic rings. The highest BCUT2D eigenvalue weighted by Gasteiger charge is 2.40. The van der Waals surface area contributed by atoms with Crippen molar-refractivity contribution in [2.24, 2.45) is 10.9 Å². The number of rotatable bonds is 7. The average molecular weight is 473 g/mol. The number of hydrogen-bond donors (Lipinski definition) is 1. The second kappa shape index (κ2) is 10.0. The molecule has 1 N–H and O–H groups in total. The highest BCUT2D eigenvalue weighted by molar-refractivity contribution is 6.15. The Kier molecular flexibility index (Phi) is 6.87. The summed E-state index contributed by atoms with van der Waals surface area (Å²) < 4.78 is 16.3. The minimum atomic E-state index is -1.32. The van der Waals surface area contributed by atoms with Crippen molar-refractivity contribution in [3.63, 3.8) is 0 Å². The lowest BCUT2D eigenvalue weighted by atomic mass is 9.94. The standard InChI is InChI=1S/C28H28N2O5/c1-18-7-11-21(12-8-18)29-17-20(16-23-26(31)34-28(3,4)35-27(23)32)25(24-6-5-15-33-24)30-22-13-9-19(2)10-14-22/h5-17,20,25,30H,1-4H3. The van der Waals surface area contributed by atoms with Gasteiger partial charge in [0.25, 0.3) is 5.79 Å². The molecule has 4 rings (SSSR count). The van der Waals surface area contributed by atoms with Crippen molar-refractivity contribution in [1.29, 1.82) is 0 Å². The van der Waals surface area contributed by atoms with Gasteiger partial charge in [-0.1, -0.05) is 41.5 Å². The lowest BCUT2D eigenvalue weighted by Crippen LogP contribution is -2.42. The van der Waals surface area contributed by atoms with Crippen LogP contribution in [-0.4, -0.2) is 23.9 Å². The van der Waals surface area contributed by atoms with Gasteiger partial charge < -0.3 is 19.2 Å². The van der Waals surface area contributed by atoms with Crippen molar-refractivity contribution >= 4 is 29.5 Å². The lowest BCUT2D eigenvalue weighted by Gasteiger charge is -2.30. The van der Waals surface area contributed by atoms with E-state index in [1.54, 1.807) is 18.5 Å². The quantitative estimate of drug-likeness (QED) is 0.201. The minimum Gasteiger partial charge on any atom is -0.467 e. The molecule has 1 fully saturated rings. The van der Waals surface area contributed by atoms with E-state index >= 15 is 0 Å². The monoisotopic (exact) mass is 472 g/mol. The van der Waals surface area contributed by atoms with Crippen LogP contribution in [0.4, 0.5) is 11.4 Å². The SMILES string of the molecule is Cc1ccc(N=CC(C=C2C(=O)OC(C)(C)OC2=O)C(Nc2ccc(C)cc2)c2ccco2)cc1. The van der Waals surface area contributed by atoms with E-state index in [-0.39, 0.29) is 5.57 Å². The van der Waals surface area contributed by atoms with Gasteiger partial charge in [0, 0.05) is 31.7 Å². The first-order valence-electron chi connectivity index (χ1n) is 11.4. The molecule has 0 saturated carbocycles. The molecule has 0 aliphatic carbocycles. The highest BCUT2D eigenvalue weighted by Crippen LogP contribution is 2.31. The third-order valence-corrected chi connectivity index (χ3v) is 5.51. The number of anilines is 1. The van der Waals surface area contributed by atoms with E-state index in [4.69, 9.17) is 13.9 Å². The number of hydrogen-bond acceptors (Lipinski definition) is 7. The Hall–Kier alpha value is -4.13. The molecule has 1 aliphatic heterocycles. The van der Waals surface area contributed by atoms with Crippen molar-refractivity contribution in [3.05, 3.63) is 95.5 Å². The Bertz CT molecular complexity index is 1220. The zero-order valence-electron chi connectivity index (χ0n) is 20.1. The molecule has 0 amide bonds. The van der Waals surface area contributed by atoms with E-state index in [1.807, 2.05) is 68.4 Å². The van der Waals surface area contributed by atoms with Crippen molar-refractivity contribution in [2.45, 2.75) is 39.5 Å². The first kappa shape index (κ1) is 24.0. The van der Waals surface area contributed by atoms with Gasteiger partial charge in [0.15, 0.2) is 0 Å². The van der Waals surface area contributed by atoms with Gasteiger partial charge >= 0.3 is 11.9 Å². The summed E-state index contributed by atoms with van der Waals surface area (Å²) in [5.41, 5.74) is 3.64. The predicted molar refractivity (Wildman–Crippen MR) is 133 cm³/mol. The van der Waals surface area contributed by atoms with Crippen LogP contribution in [0.2, 0.25) is 0 Å². The van der Waals surface area contributed by atoms with Crippen molar-refractivity contribution in [3.8, 4) is 0 Å². The number of carbonyl (C=O) groups is 2. The Balaban J connectivity index is 1.75. The summed E-state index contributed by atoms with van der Waals surface area (Å²) in [5.74, 6) is -2.76. The molecule has 1 aromatic heterocycles. The number of furan rings is 1. The second-order valence-corrected chi connectivity index (χ2v) is 8.95. The van der Waals surface area contributed by atoms with E-state index in [1.165, 1.54) is 19.9 Å². The zero-order chi connectivity index (χ0) is 25.0. The van der Waals surface area contributed by atoms with E-state index < -0.39 is 29.7 Å². The number of esters is 2. The smallest absolute Gasteiger partial charge is 0.348 e. The van der Waals surface area contributed by atoms with E-state index in [0.29, 0.717) is 5.76 Å². The Morgan fingerprint density at radius 3 is 2.06 bits per heavy atom. The Morgan fingerprint density at radius 2 is 1.49 bits per heavy atom. The summed E-state index contributed by atoms with van der Waals surface area (Å²) >= 11 is 0. The maximum absolute atomic E-state index is 12.7. The molecule has 7 heteroatoms. The summed E-state index contributed by atoms with van der Waals surface area (Å²) in [6.07, 6.45) is 4.78. The fourth-order valence-electron chi connectivity index (χ4n) is 3.67. The maximum atomic E-state index is 12.7. The van der Waals surface area contributed by atoms with Gasteiger partial charge in [-0.15, -0.1) is 0 Å². The zero-order valence-corrected chi connectivity index (χ0v) is 20.1. The largest absolute Gasteiger partial charge is 0.467 e. The van der Waals surface area contributed by atoms with Crippen molar-refractivity contribution in [1.82, 2.24) is 0 Å². The molecule has 2 heterocycles. The normalized spacial score (nSPS) is 17.0. The lowest BCUT2D eigenvalue weighted by molar-refractivity contribution is -0.222. The summed E-state index contributed by atoms with van der Waals surface area (Å²) in [6.45, 7) is 7.04. The van der Waals surface area contributed by atoms with Gasteiger partial charge in [-0.25, -0.2) is 9.59 Å². The minimum absolute atomic E-state index is 0.188. The first-order valence-corrected chi connectivity index (χ1v) is 11.4. The maximum Gasteiger partial charge on any atom is 0.348 e. The number of carbonyl (C=O) groups excluding carboxylic acids is 2. The van der Waals surface area contributed by atoms with Crippen LogP contribution >= 0.6 is 0 Å². The first-order chi connectivity index (χ1) is 16.7. The molecule has 7 nitrogen and oxygen atoms in total. The number of aryl methyl sites for hydroxylation is 2. The molecule has 0 bridgehead atoms. The molecular weight excluding hydrogens is 444 g/mol. The van der Waals surface area contributed by atoms with Crippen LogP contribution in [0, 0.1) is 19.8 Å². The van der Waals surface area contributed by atoms with Crippen LogP contribution in [-0.2, 0) is 19.1 Å². The number of nitrogens with zero attached hydrogens (tertiary/aromatic N) is 1. The third-order valence-electron chi connectivity index (χ3n) is 5.51. The molecular formula is C28H28N2O5. The van der Waals surface area contributed by atoms with Crippen LogP contribution < -0.4 is 5.32 Å². The highest BCUT2D eigenvalue weighted by atomic mass is 16.7. The van der Waals surface area contributed by atoms with E-state index in [9.17, 15) is 9.59 Å². The fourth-order valence-corrected chi connectivity index (χ4v) is 3.67. The van der Waals surface area contributed by atoms with Gasteiger partial charge in [-0.05, 0) is 50.2 Å². The molecule has 1 saturated heterocycles. The molecule has 1 aliphatic rings. The molecule has 0 spiro atoms. The third kappa shape index (κ3) is 6.06. The number of aliphatic imine (C=N–C) groups is 1. The van der Waals surface area contributed by atoms with Crippen LogP contribution in [0.1, 0.15) is 36.8 Å². The van der Waals surface area contributed by atoms with Gasteiger partial charge in [0.05, 0.1) is 18.0 Å². The van der Waals surface area contributed by atoms with Gasteiger partial charge in [0.1, 0.15) is 11.3 Å². The topological polar surface area (TPSA) is 90.1 Å². The van der Waals surface area contributed by atoms with E-state index in [0.717, 1.165) is 22.5 Å². The summed E-state index contributed by atoms with van der Waals surface area (Å²) in [5, 5.41) is 3.46. The molecule has 2 aromatic carbocycles. The van der Waals surface area contributed by atoms with Gasteiger partial charge in [0.2, 0.25) is 0 Å². The average Bonchev–Trinajstić information content (AvgIpc) is 3.33. The molecule has 2 unspecified atom stereocenters. The van der Waals surface area contributed by atoms with E-state index in [2.05, 4.69) is 10.3 Å². The summed E-state index contributed by atoms with van der Waals surface area (Å²) in [6, 6.07) is 18.8. The number of nitrogens with one attached hydrogen (secondary N) is 1. The van der Waals surface area contributed by atoms with Crippen LogP contribution in [0.3, 0.4) is 0 Å².